The molecule has 3 N–H and O–H groups in total. The molecule has 0 atom stereocenters. The average molecular weight is 540 g/mol. The van der Waals surface area contributed by atoms with Gasteiger partial charge in [0.25, 0.3) is 5.91 Å². The zero-order chi connectivity index (χ0) is 24.5. The van der Waals surface area contributed by atoms with Crippen molar-refractivity contribution >= 4 is 56.4 Å². The zero-order valence-electron chi connectivity index (χ0n) is 18.9. The van der Waals surface area contributed by atoms with Crippen molar-refractivity contribution in [1.29, 1.82) is 0 Å². The lowest BCUT2D eigenvalue weighted by molar-refractivity contribution is -0.116. The molecule has 0 unspecified atom stereocenters. The van der Waals surface area contributed by atoms with E-state index in [9.17, 15) is 9.59 Å². The highest BCUT2D eigenvalue weighted by molar-refractivity contribution is 9.10. The number of aryl methyl sites for hydroxylation is 1. The summed E-state index contributed by atoms with van der Waals surface area (Å²) in [6, 6.07) is 22.2. The van der Waals surface area contributed by atoms with Gasteiger partial charge in [-0.05, 0) is 80.5 Å². The molecule has 3 aromatic carbocycles. The third-order valence-corrected chi connectivity index (χ3v) is 5.38. The van der Waals surface area contributed by atoms with Gasteiger partial charge in [0.05, 0.1) is 11.7 Å². The van der Waals surface area contributed by atoms with E-state index in [1.807, 2.05) is 50.2 Å². The molecule has 0 saturated heterocycles. The normalized spacial score (nSPS) is 10.5. The van der Waals surface area contributed by atoms with Crippen molar-refractivity contribution in [3.05, 3.63) is 88.4 Å². The Kier molecular flexibility index (Phi) is 9.18. The van der Waals surface area contributed by atoms with Crippen molar-refractivity contribution in [2.45, 2.75) is 32.8 Å². The highest BCUT2D eigenvalue weighted by atomic mass is 79.9. The first-order valence-electron chi connectivity index (χ1n) is 10.8. The molecular formula is C26H26BrN3O3S. The van der Waals surface area contributed by atoms with Crippen LogP contribution in [0.3, 0.4) is 0 Å². The fourth-order valence-corrected chi connectivity index (χ4v) is 3.70. The van der Waals surface area contributed by atoms with Crippen molar-refractivity contribution in [3.63, 3.8) is 0 Å². The summed E-state index contributed by atoms with van der Waals surface area (Å²) < 4.78 is 6.49. The van der Waals surface area contributed by atoms with Gasteiger partial charge in [0.1, 0.15) is 5.75 Å². The maximum Gasteiger partial charge on any atom is 0.261 e. The number of hydrogen-bond acceptors (Lipinski definition) is 4. The smallest absolute Gasteiger partial charge is 0.261 e. The van der Waals surface area contributed by atoms with Gasteiger partial charge in [0.15, 0.2) is 5.11 Å². The predicted molar refractivity (Wildman–Crippen MR) is 143 cm³/mol. The van der Waals surface area contributed by atoms with E-state index in [4.69, 9.17) is 17.0 Å². The van der Waals surface area contributed by atoms with Crippen LogP contribution in [0.15, 0.2) is 77.3 Å². The largest absolute Gasteiger partial charge is 0.490 e. The van der Waals surface area contributed by atoms with E-state index in [1.165, 1.54) is 0 Å². The van der Waals surface area contributed by atoms with Crippen LogP contribution in [0, 0.1) is 0 Å². The number of anilines is 2. The Morgan fingerprint density at radius 3 is 2.24 bits per heavy atom. The molecule has 0 aromatic heterocycles. The summed E-state index contributed by atoms with van der Waals surface area (Å²) in [5, 5.41) is 8.69. The molecule has 3 rings (SSSR count). The van der Waals surface area contributed by atoms with Crippen LogP contribution < -0.4 is 20.7 Å². The lowest BCUT2D eigenvalue weighted by Gasteiger charge is -2.15. The number of carbonyl (C=O) groups excluding carboxylic acids is 2. The van der Waals surface area contributed by atoms with Gasteiger partial charge in [-0.3, -0.25) is 14.9 Å². The maximum absolute atomic E-state index is 12.8. The summed E-state index contributed by atoms with van der Waals surface area (Å²) in [6.07, 6.45) is 1.01. The van der Waals surface area contributed by atoms with Crippen molar-refractivity contribution < 1.29 is 14.3 Å². The Morgan fingerprint density at radius 1 is 0.941 bits per heavy atom. The molecule has 0 bridgehead atoms. The van der Waals surface area contributed by atoms with Crippen LogP contribution >= 0.6 is 28.1 Å². The second kappa shape index (κ2) is 12.3. The Labute approximate surface area is 213 Å². The van der Waals surface area contributed by atoms with Crippen LogP contribution in [0.5, 0.6) is 5.75 Å². The van der Waals surface area contributed by atoms with Crippen LogP contribution in [0.1, 0.15) is 36.2 Å². The molecule has 6 nitrogen and oxygen atoms in total. The van der Waals surface area contributed by atoms with Crippen LogP contribution in [0.25, 0.3) is 0 Å². The minimum atomic E-state index is -0.378. The number of carbonyl (C=O) groups is 2. The lowest BCUT2D eigenvalue weighted by atomic mass is 10.1. The molecular weight excluding hydrogens is 514 g/mol. The molecule has 0 radical (unpaired) electrons. The monoisotopic (exact) mass is 539 g/mol. The van der Waals surface area contributed by atoms with E-state index >= 15 is 0 Å². The number of amides is 2. The molecule has 0 aliphatic carbocycles. The number of ether oxygens (including phenoxy) is 1. The molecule has 0 heterocycles. The fourth-order valence-electron chi connectivity index (χ4n) is 3.13. The summed E-state index contributed by atoms with van der Waals surface area (Å²) in [6.45, 7) is 3.79. The van der Waals surface area contributed by atoms with E-state index in [-0.39, 0.29) is 23.0 Å². The van der Waals surface area contributed by atoms with E-state index in [1.54, 1.807) is 36.4 Å². The average Bonchev–Trinajstić information content (AvgIpc) is 2.80. The summed E-state index contributed by atoms with van der Waals surface area (Å²) >= 11 is 8.68. The predicted octanol–water partition coefficient (Wildman–Crippen LogP) is 5.93. The molecule has 176 valence electrons. The Morgan fingerprint density at radius 2 is 1.59 bits per heavy atom. The highest BCUT2D eigenvalue weighted by Crippen LogP contribution is 2.24. The van der Waals surface area contributed by atoms with Gasteiger partial charge in [0, 0.05) is 22.3 Å². The molecule has 0 fully saturated rings. The van der Waals surface area contributed by atoms with Crippen molar-refractivity contribution in [3.8, 4) is 5.75 Å². The Balaban J connectivity index is 1.52. The molecule has 3 aromatic rings. The first-order valence-corrected chi connectivity index (χ1v) is 12.0. The number of nitrogens with one attached hydrogen (secondary N) is 3. The van der Waals surface area contributed by atoms with E-state index in [0.717, 1.165) is 10.0 Å². The van der Waals surface area contributed by atoms with Crippen molar-refractivity contribution in [1.82, 2.24) is 5.32 Å². The molecule has 2 amide bonds. The van der Waals surface area contributed by atoms with Crippen molar-refractivity contribution in [2.24, 2.45) is 0 Å². The standard InChI is InChI=1S/C26H26BrN3O3S/c1-17(2)33-23-14-9-19(27)16-22(23)25(32)30-26(34)29-21-12-10-20(11-13-21)28-24(31)15-8-18-6-4-3-5-7-18/h3-7,9-14,16-17H,8,15H2,1-2H3,(H,28,31)(H2,29,30,32,34). The van der Waals surface area contributed by atoms with Gasteiger partial charge in [-0.2, -0.15) is 0 Å². The summed E-state index contributed by atoms with van der Waals surface area (Å²) in [5.74, 6) is 0.0448. The number of thiocarbonyl (C=S) groups is 1. The zero-order valence-corrected chi connectivity index (χ0v) is 21.3. The molecule has 0 aliphatic rings. The van der Waals surface area contributed by atoms with Gasteiger partial charge in [-0.25, -0.2) is 0 Å². The quantitative estimate of drug-likeness (QED) is 0.309. The highest BCUT2D eigenvalue weighted by Gasteiger charge is 2.16. The molecule has 0 aliphatic heterocycles. The topological polar surface area (TPSA) is 79.5 Å². The third-order valence-electron chi connectivity index (χ3n) is 4.69. The van der Waals surface area contributed by atoms with E-state index < -0.39 is 0 Å². The first kappa shape index (κ1) is 25.4. The Bertz CT molecular complexity index is 1150. The van der Waals surface area contributed by atoms with Gasteiger partial charge in [-0.1, -0.05) is 46.3 Å². The number of halogens is 1. The van der Waals surface area contributed by atoms with E-state index in [0.29, 0.717) is 35.5 Å². The van der Waals surface area contributed by atoms with Gasteiger partial charge >= 0.3 is 0 Å². The van der Waals surface area contributed by atoms with Gasteiger partial charge < -0.3 is 15.4 Å². The second-order valence-electron chi connectivity index (χ2n) is 7.83. The number of rotatable bonds is 8. The first-order chi connectivity index (χ1) is 16.3. The van der Waals surface area contributed by atoms with Crippen molar-refractivity contribution in [2.75, 3.05) is 10.6 Å². The fraction of sp³-hybridized carbons (Fsp3) is 0.192. The summed E-state index contributed by atoms with van der Waals surface area (Å²) in [5.41, 5.74) is 2.86. The number of benzene rings is 3. The van der Waals surface area contributed by atoms with Crippen LogP contribution in [-0.2, 0) is 11.2 Å². The molecule has 0 saturated carbocycles. The minimum Gasteiger partial charge on any atom is -0.490 e. The number of hydrogen-bond donors (Lipinski definition) is 3. The van der Waals surface area contributed by atoms with Gasteiger partial charge in [0.2, 0.25) is 5.91 Å². The second-order valence-corrected chi connectivity index (χ2v) is 9.15. The van der Waals surface area contributed by atoms with Crippen LogP contribution in [0.4, 0.5) is 11.4 Å². The summed E-state index contributed by atoms with van der Waals surface area (Å²) in [4.78, 5) is 25.0. The maximum atomic E-state index is 12.8. The lowest BCUT2D eigenvalue weighted by Crippen LogP contribution is -2.34. The van der Waals surface area contributed by atoms with E-state index in [2.05, 4.69) is 31.9 Å². The molecule has 8 heteroatoms. The molecule has 0 spiro atoms. The molecule has 34 heavy (non-hydrogen) atoms. The summed E-state index contributed by atoms with van der Waals surface area (Å²) in [7, 11) is 0. The Hall–Kier alpha value is -3.23. The van der Waals surface area contributed by atoms with Crippen LogP contribution in [-0.4, -0.2) is 23.0 Å². The van der Waals surface area contributed by atoms with Crippen LogP contribution in [0.2, 0.25) is 0 Å². The van der Waals surface area contributed by atoms with Gasteiger partial charge in [-0.15, -0.1) is 0 Å². The third kappa shape index (κ3) is 7.97. The SMILES string of the molecule is CC(C)Oc1ccc(Br)cc1C(=O)NC(=S)Nc1ccc(NC(=O)CCc2ccccc2)cc1. The minimum absolute atomic E-state index is 0.0548.